The van der Waals surface area contributed by atoms with E-state index in [1.54, 1.807) is 34.9 Å². The van der Waals surface area contributed by atoms with Crippen molar-refractivity contribution in [2.45, 2.75) is 154 Å². The number of aryl methyl sites for hydroxylation is 1. The molecule has 0 aliphatic carbocycles. The first-order chi connectivity index (χ1) is 55.1. The molecule has 115 heavy (non-hydrogen) atoms. The van der Waals surface area contributed by atoms with Gasteiger partial charge in [0.15, 0.2) is 11.3 Å². The summed E-state index contributed by atoms with van der Waals surface area (Å²) in [6.45, 7) is 35.3. The number of imide groups is 1. The van der Waals surface area contributed by atoms with Crippen LogP contribution < -0.4 is 26.1 Å². The van der Waals surface area contributed by atoms with Crippen LogP contribution in [0.15, 0.2) is 151 Å². The van der Waals surface area contributed by atoms with E-state index >= 15 is 0 Å². The van der Waals surface area contributed by atoms with Crippen molar-refractivity contribution < 1.29 is 45.6 Å². The summed E-state index contributed by atoms with van der Waals surface area (Å²) in [7, 11) is 2.58. The van der Waals surface area contributed by atoms with Crippen molar-refractivity contribution in [2.75, 3.05) is 105 Å². The monoisotopic (exact) mass is 1670 g/mol. The second-order valence-corrected chi connectivity index (χ2v) is 32.0. The zero-order chi connectivity index (χ0) is 83.5. The van der Waals surface area contributed by atoms with E-state index in [2.05, 4.69) is 174 Å². The highest BCUT2D eigenvalue weighted by atomic mass is 35.7. The number of nitriles is 1. The van der Waals surface area contributed by atoms with Gasteiger partial charge in [0, 0.05) is 167 Å². The number of aromatic nitrogens is 4. The molecule has 8 aliphatic heterocycles. The molecule has 0 radical (unpaired) electrons. The fourth-order valence-corrected chi connectivity index (χ4v) is 15.7. The number of ketones is 1. The summed E-state index contributed by atoms with van der Waals surface area (Å²) in [4.78, 5) is 87.2. The molecule has 8 aliphatic rings. The van der Waals surface area contributed by atoms with Crippen LogP contribution in [0.25, 0.3) is 16.1 Å². The van der Waals surface area contributed by atoms with Crippen molar-refractivity contribution in [1.82, 2.24) is 80.2 Å². The molecule has 0 atom stereocenters. The van der Waals surface area contributed by atoms with E-state index in [0.717, 1.165) is 155 Å². The number of urea groups is 3. The first-order valence-electron chi connectivity index (χ1n) is 39.0. The average Bonchev–Trinajstić information content (AvgIpc) is 1.62. The Hall–Kier alpha value is -8.88. The predicted octanol–water partition coefficient (Wildman–Crippen LogP) is 13.0. The lowest BCUT2D eigenvalue weighted by Crippen LogP contribution is -2.56. The molecule has 10 heterocycles. The number of Topliss-reactive ketones (excluding diaryl/α,β-unsaturated/α-hetero) is 1. The minimum absolute atomic E-state index is 0.0685. The molecule has 622 valence electrons. The third kappa shape index (κ3) is 29.1. The number of hydrogen-bond donors (Lipinski definition) is 5. The van der Waals surface area contributed by atoms with E-state index < -0.39 is 32.8 Å². The second-order valence-electron chi connectivity index (χ2n) is 29.2. The highest BCUT2D eigenvalue weighted by molar-refractivity contribution is 8.12. The number of nitrogens with zero attached hydrogens (tertiary/aromatic N) is 14. The van der Waals surface area contributed by atoms with Gasteiger partial charge in [0.1, 0.15) is 17.0 Å². The largest absolute Gasteiger partial charge is 0.389 e. The van der Waals surface area contributed by atoms with Crippen LogP contribution in [0, 0.1) is 23.3 Å². The molecule has 0 saturated carbocycles. The van der Waals surface area contributed by atoms with E-state index in [9.17, 15) is 50.8 Å². The molecule has 3 spiro atoms. The maximum Gasteiger partial charge on any atom is 0.389 e. The van der Waals surface area contributed by atoms with Crippen LogP contribution in [0.3, 0.4) is 0 Å². The number of amides is 7. The van der Waals surface area contributed by atoms with Gasteiger partial charge in [-0.2, -0.15) is 31.9 Å². The Morgan fingerprint density at radius 3 is 1.42 bits per heavy atom. The van der Waals surface area contributed by atoms with E-state index in [4.69, 9.17) is 29.9 Å². The molecule has 26 nitrogen and oxygen atoms in total. The maximum atomic E-state index is 12.4. The Bertz CT molecular complexity index is 4270. The van der Waals surface area contributed by atoms with Crippen LogP contribution in [0.2, 0.25) is 5.15 Å². The molecule has 2 aromatic heterocycles. The summed E-state index contributed by atoms with van der Waals surface area (Å²) in [6.07, 6.45) is 7.86. The minimum Gasteiger partial charge on any atom is -0.359 e. The zero-order valence-corrected chi connectivity index (χ0v) is 69.5. The SMILES string of the molecule is C=C=NS(=O)(=O)Cl.CCN1C(=O)NC(=O)C12CCN(Cc1ccccc1)CC2.CCN1C(=O)NCC12CCN(Cc1ccccc1)CC2.CCN1C(=O)NCC12CCNCC2.CCNCl.N#CC1(CCC(F)(F)F)CCN(Cc2ccccc2)CC1.O=C1CCN(Cc2ccccc2)CC1.[C-]#[N+]c1ncc(Cl)nc1-c1cnn(C)c1. The minimum atomic E-state index is -4.18. The third-order valence-electron chi connectivity index (χ3n) is 21.6. The normalized spacial score (nSPS) is 18.8. The molecule has 33 heteroatoms. The molecule has 0 bridgehead atoms. The molecule has 6 aromatic rings. The van der Waals surface area contributed by atoms with Crippen LogP contribution in [0.4, 0.5) is 33.4 Å². The van der Waals surface area contributed by atoms with Crippen LogP contribution in [-0.2, 0) is 52.1 Å². The quantitative estimate of drug-likeness (QED) is 0.0198. The van der Waals surface area contributed by atoms with E-state index in [0.29, 0.717) is 56.8 Å². The first-order valence-corrected chi connectivity index (χ1v) is 42.1. The van der Waals surface area contributed by atoms with E-state index in [1.165, 1.54) is 28.5 Å². The predicted molar refractivity (Wildman–Crippen MR) is 443 cm³/mol. The van der Waals surface area contributed by atoms with Gasteiger partial charge in [0.05, 0.1) is 28.8 Å². The van der Waals surface area contributed by atoms with Crippen LogP contribution in [0.1, 0.15) is 127 Å². The fourth-order valence-electron chi connectivity index (χ4n) is 15.3. The average molecular weight is 1670 g/mol. The Balaban J connectivity index is 0.000000187. The maximum absolute atomic E-state index is 12.4. The van der Waals surface area contributed by atoms with Gasteiger partial charge in [-0.25, -0.2) is 24.2 Å². The highest BCUT2D eigenvalue weighted by Gasteiger charge is 2.53. The lowest BCUT2D eigenvalue weighted by atomic mass is 9.76. The van der Waals surface area contributed by atoms with E-state index in [1.807, 2.05) is 78.2 Å². The first kappa shape index (κ1) is 93.3. The molecular weight excluding hydrogens is 1560 g/mol. The van der Waals surface area contributed by atoms with Gasteiger partial charge in [-0.05, 0) is 138 Å². The van der Waals surface area contributed by atoms with Crippen molar-refractivity contribution in [3.63, 3.8) is 0 Å². The Labute approximate surface area is 689 Å². The number of benzene rings is 4. The van der Waals surface area contributed by atoms with Gasteiger partial charge in [-0.15, -0.1) is 9.38 Å². The number of hydrogen-bond acceptors (Lipinski definition) is 17. The molecule has 0 unspecified atom stereocenters. The van der Waals surface area contributed by atoms with Crippen molar-refractivity contribution >= 4 is 84.8 Å². The number of piperidine rings is 5. The lowest BCUT2D eigenvalue weighted by molar-refractivity contribution is -0.140. The molecule has 8 fully saturated rings. The van der Waals surface area contributed by atoms with Gasteiger partial charge in [0.2, 0.25) is 0 Å². The number of carbonyl (C=O) groups is 5. The smallest absolute Gasteiger partial charge is 0.359 e. The van der Waals surface area contributed by atoms with Gasteiger partial charge in [-0.3, -0.25) is 39.2 Å². The van der Waals surface area contributed by atoms with Crippen molar-refractivity contribution in [1.29, 1.82) is 5.26 Å². The summed E-state index contributed by atoms with van der Waals surface area (Å²) >= 11 is 10.7. The Morgan fingerprint density at radius 2 is 1.05 bits per heavy atom. The van der Waals surface area contributed by atoms with Gasteiger partial charge < -0.3 is 35.5 Å². The van der Waals surface area contributed by atoms with Crippen LogP contribution >= 0.6 is 34.1 Å². The number of likely N-dealkylation sites (N-methyl/N-ethyl adjacent to an activating group) is 3. The summed E-state index contributed by atoms with van der Waals surface area (Å²) < 4.78 is 60.8. The Morgan fingerprint density at radius 1 is 0.635 bits per heavy atom. The zero-order valence-electron chi connectivity index (χ0n) is 66.4. The van der Waals surface area contributed by atoms with Crippen molar-refractivity contribution in [3.8, 4) is 17.3 Å². The van der Waals surface area contributed by atoms with Crippen LogP contribution in [-0.4, -0.2) is 226 Å². The highest BCUT2D eigenvalue weighted by Crippen LogP contribution is 2.40. The number of alkyl halides is 3. The lowest BCUT2D eigenvalue weighted by Gasteiger charge is -2.43. The summed E-state index contributed by atoms with van der Waals surface area (Å²) in [5.74, 6) is 2.29. The third-order valence-corrected chi connectivity index (χ3v) is 22.6. The van der Waals surface area contributed by atoms with Gasteiger partial charge in [-0.1, -0.05) is 146 Å². The Kier molecular flexibility index (Phi) is 37.4. The molecule has 5 N–H and O–H groups in total. The number of nitrogens with one attached hydrogen (secondary N) is 5. The van der Waals surface area contributed by atoms with Crippen molar-refractivity contribution in [2.24, 2.45) is 16.9 Å². The van der Waals surface area contributed by atoms with Crippen molar-refractivity contribution in [3.05, 3.63) is 185 Å². The van der Waals surface area contributed by atoms with Crippen LogP contribution in [0.5, 0.6) is 0 Å². The number of halogens is 6. The van der Waals surface area contributed by atoms with Gasteiger partial charge >= 0.3 is 33.5 Å². The van der Waals surface area contributed by atoms with E-state index in [-0.39, 0.29) is 52.5 Å². The molecule has 8 saturated heterocycles. The second kappa shape index (κ2) is 46.2. The fraction of sp³-hybridized carbons (Fsp3) is 0.512. The summed E-state index contributed by atoms with van der Waals surface area (Å²) in [5, 5.41) is 25.3. The molecular formula is C82H109Cl3F3N19O7S. The summed E-state index contributed by atoms with van der Waals surface area (Å²) in [6, 6.07) is 43.5. The summed E-state index contributed by atoms with van der Waals surface area (Å²) in [5.41, 5.74) is 5.16. The number of likely N-dealkylation sites (tertiary alicyclic amines) is 4. The topological polar surface area (TPSA) is 286 Å². The van der Waals surface area contributed by atoms with Gasteiger partial charge in [0.25, 0.3) is 11.7 Å². The standard InChI is InChI=1S/C16H19F3N2.C16H21N3O2.C16H23N3O.C12H15NO.C9H6ClN5.C9H17N3O.C2H2ClNO2S.C2H6ClN/c17-16(18,19)7-6-15(13-20)8-10-21(11-9-15)12-14-4-2-1-3-5-14;1-2-19-15(21)17-14(20)16(19)8-10-18(11-9-16)12-13-6-4-3-5-7-13;1-2-19-15(20)17-13-16(19)8-10-18(11-9-16)12-14-6-4-3-5-7-14;14-12-6-8-13(9-7-12)10-11-4-2-1-3-5-11;1-11-9-8(14-7(10)4-12-9)6-3-13-15(2)5-6;1-2-12-8(13)11-7-9(12)3-5-10-6-4-9;1-2-4-7(3,5)6;1-2-4-3/h1-5H,6-12H2;3-7H,2,8-12H2,1H3,(H,17,20,21);3-7H,2,8-13H2,1H3,(H,17,20);1-5H,6-10H2;3-5H,2H3;10H,2-7H2,1H3,(H,11,13);1H2;4H,2H2,1H3. The molecule has 7 amide bonds. The number of rotatable bonds is 16. The molecule has 14 rings (SSSR count). The molecule has 4 aromatic carbocycles. The number of carbonyl (C=O) groups excluding carboxylic acids is 5.